The first-order chi connectivity index (χ1) is 19.3. The zero-order chi connectivity index (χ0) is 30.2. The van der Waals surface area contributed by atoms with E-state index in [0.717, 1.165) is 16.2 Å². The number of amides is 2. The number of aromatic nitrogens is 1. The van der Waals surface area contributed by atoms with Gasteiger partial charge in [0.15, 0.2) is 0 Å². The Hall–Kier alpha value is -3.80. The molecule has 0 saturated carbocycles. The fraction of sp³-hybridized carbons (Fsp3) is 0.379. The van der Waals surface area contributed by atoms with Gasteiger partial charge in [-0.05, 0) is 49.2 Å². The zero-order valence-corrected chi connectivity index (χ0v) is 22.6. The number of nitrogens with zero attached hydrogens (tertiary/aromatic N) is 3. The highest BCUT2D eigenvalue weighted by Crippen LogP contribution is 2.36. The van der Waals surface area contributed by atoms with Gasteiger partial charge in [0, 0.05) is 50.8 Å². The summed E-state index contributed by atoms with van der Waals surface area (Å²) in [4.78, 5) is 29.5. The van der Waals surface area contributed by atoms with E-state index in [0.29, 0.717) is 18.7 Å². The van der Waals surface area contributed by atoms with Gasteiger partial charge >= 0.3 is 12.4 Å². The molecule has 1 aromatic heterocycles. The van der Waals surface area contributed by atoms with Gasteiger partial charge in [0.2, 0.25) is 5.91 Å². The fourth-order valence-electron chi connectivity index (χ4n) is 4.17. The molecule has 6 nitrogen and oxygen atoms in total. The van der Waals surface area contributed by atoms with E-state index in [4.69, 9.17) is 4.74 Å². The highest BCUT2D eigenvalue weighted by atomic mass is 19.4. The van der Waals surface area contributed by atoms with Crippen molar-refractivity contribution in [2.45, 2.75) is 38.8 Å². The van der Waals surface area contributed by atoms with E-state index >= 15 is 0 Å². The first-order valence-corrected chi connectivity index (χ1v) is 12.9. The molecule has 0 atom stereocenters. The molecule has 0 bridgehead atoms. The van der Waals surface area contributed by atoms with Gasteiger partial charge < -0.3 is 19.1 Å². The number of hydrogen-bond donors (Lipinski definition) is 0. The van der Waals surface area contributed by atoms with Crippen LogP contribution in [0.2, 0.25) is 0 Å². The van der Waals surface area contributed by atoms with Crippen LogP contribution in [0.4, 0.5) is 26.3 Å². The third-order valence-corrected chi connectivity index (χ3v) is 6.34. The van der Waals surface area contributed by atoms with Crippen LogP contribution >= 0.6 is 0 Å². The standard InChI is InChI=1S/C29H31F6N3O3/c1-3-41-14-8-13-37(27(40)22-15-23(28(30,31)32)17-24(16-22)29(33,34)35)20-26(39)38(18-21-9-5-4-6-10-21)19-25-11-7-12-36(25)2/h4-7,9-12,15-17H,3,8,13-14,18-20H2,1-2H3. The topological polar surface area (TPSA) is 54.8 Å². The van der Waals surface area contributed by atoms with E-state index in [1.54, 1.807) is 38.4 Å². The van der Waals surface area contributed by atoms with Gasteiger partial charge in [-0.15, -0.1) is 0 Å². The molecule has 0 N–H and O–H groups in total. The second-order valence-corrected chi connectivity index (χ2v) is 9.42. The van der Waals surface area contributed by atoms with Gasteiger partial charge in [0.25, 0.3) is 5.91 Å². The van der Waals surface area contributed by atoms with Gasteiger partial charge in [-0.2, -0.15) is 26.3 Å². The summed E-state index contributed by atoms with van der Waals surface area (Å²) in [7, 11) is 1.80. The summed E-state index contributed by atoms with van der Waals surface area (Å²) in [5.74, 6) is -1.65. The molecule has 0 fully saturated rings. The number of carbonyl (C=O) groups excluding carboxylic acids is 2. The Morgan fingerprint density at radius 2 is 1.49 bits per heavy atom. The first-order valence-electron chi connectivity index (χ1n) is 12.9. The van der Waals surface area contributed by atoms with Crippen LogP contribution in [0.5, 0.6) is 0 Å². The average Bonchev–Trinajstić information content (AvgIpc) is 3.32. The summed E-state index contributed by atoms with van der Waals surface area (Å²) in [5.41, 5.74) is -2.43. The summed E-state index contributed by atoms with van der Waals surface area (Å²) in [6, 6.07) is 13.4. The Bertz CT molecular complexity index is 1270. The quantitative estimate of drug-likeness (QED) is 0.190. The van der Waals surface area contributed by atoms with Crippen molar-refractivity contribution < 1.29 is 40.7 Å². The van der Waals surface area contributed by atoms with Crippen LogP contribution in [0, 0.1) is 0 Å². The van der Waals surface area contributed by atoms with E-state index in [9.17, 15) is 35.9 Å². The molecule has 41 heavy (non-hydrogen) atoms. The molecule has 2 amide bonds. The number of benzene rings is 2. The number of carbonyl (C=O) groups is 2. The van der Waals surface area contributed by atoms with Crippen LogP contribution < -0.4 is 0 Å². The fourth-order valence-corrected chi connectivity index (χ4v) is 4.17. The van der Waals surface area contributed by atoms with Crippen molar-refractivity contribution in [3.05, 3.63) is 94.8 Å². The number of alkyl halides is 6. The highest BCUT2D eigenvalue weighted by molar-refractivity contribution is 5.97. The van der Waals surface area contributed by atoms with Crippen molar-refractivity contribution in [2.24, 2.45) is 7.05 Å². The third-order valence-electron chi connectivity index (χ3n) is 6.34. The molecular formula is C29H31F6N3O3. The van der Waals surface area contributed by atoms with Crippen molar-refractivity contribution >= 4 is 11.8 Å². The molecule has 0 unspecified atom stereocenters. The van der Waals surface area contributed by atoms with Gasteiger partial charge in [0.05, 0.1) is 17.7 Å². The molecule has 1 heterocycles. The Morgan fingerprint density at radius 1 is 0.854 bits per heavy atom. The summed E-state index contributed by atoms with van der Waals surface area (Å²) >= 11 is 0. The number of halogens is 6. The van der Waals surface area contributed by atoms with Crippen LogP contribution in [0.25, 0.3) is 0 Å². The third kappa shape index (κ3) is 9.10. The lowest BCUT2D eigenvalue weighted by Crippen LogP contribution is -2.43. The summed E-state index contributed by atoms with van der Waals surface area (Å²) in [6.07, 6.45) is -8.22. The Morgan fingerprint density at radius 3 is 2.02 bits per heavy atom. The molecule has 3 rings (SSSR count). The maximum Gasteiger partial charge on any atom is 0.416 e. The van der Waals surface area contributed by atoms with Gasteiger partial charge in [-0.25, -0.2) is 0 Å². The zero-order valence-electron chi connectivity index (χ0n) is 22.6. The SMILES string of the molecule is CCOCCCN(CC(=O)N(Cc1ccccc1)Cc1cccn1C)C(=O)c1cc(C(F)(F)F)cc(C(F)(F)F)c1. The van der Waals surface area contributed by atoms with E-state index in [1.165, 1.54) is 4.90 Å². The largest absolute Gasteiger partial charge is 0.416 e. The van der Waals surface area contributed by atoms with Gasteiger partial charge in [-0.1, -0.05) is 30.3 Å². The summed E-state index contributed by atoms with van der Waals surface area (Å²) in [5, 5.41) is 0. The monoisotopic (exact) mass is 583 g/mol. The first kappa shape index (κ1) is 31.7. The van der Waals surface area contributed by atoms with Crippen molar-refractivity contribution in [1.29, 1.82) is 0 Å². The van der Waals surface area contributed by atoms with Crippen LogP contribution in [0.15, 0.2) is 66.9 Å². The number of ether oxygens (including phenoxy) is 1. The summed E-state index contributed by atoms with van der Waals surface area (Å²) in [6.45, 7) is 1.97. The lowest BCUT2D eigenvalue weighted by molar-refractivity contribution is -0.143. The maximum absolute atomic E-state index is 13.6. The van der Waals surface area contributed by atoms with Crippen LogP contribution in [-0.2, 0) is 42.0 Å². The van der Waals surface area contributed by atoms with Crippen molar-refractivity contribution in [2.75, 3.05) is 26.3 Å². The lowest BCUT2D eigenvalue weighted by atomic mass is 10.0. The molecule has 0 aliphatic carbocycles. The molecule has 2 aromatic carbocycles. The van der Waals surface area contributed by atoms with Crippen molar-refractivity contribution in [3.63, 3.8) is 0 Å². The van der Waals surface area contributed by atoms with E-state index in [2.05, 4.69) is 0 Å². The van der Waals surface area contributed by atoms with E-state index < -0.39 is 47.4 Å². The van der Waals surface area contributed by atoms with Crippen LogP contribution in [-0.4, -0.2) is 52.5 Å². The number of rotatable bonds is 12. The molecule has 222 valence electrons. The summed E-state index contributed by atoms with van der Waals surface area (Å²) < 4.78 is 87.8. The number of aryl methyl sites for hydroxylation is 1. The number of hydrogen-bond acceptors (Lipinski definition) is 3. The minimum absolute atomic E-state index is 0.0389. The maximum atomic E-state index is 13.6. The highest BCUT2D eigenvalue weighted by Gasteiger charge is 2.38. The predicted molar refractivity (Wildman–Crippen MR) is 140 cm³/mol. The second-order valence-electron chi connectivity index (χ2n) is 9.42. The van der Waals surface area contributed by atoms with Crippen molar-refractivity contribution in [3.8, 4) is 0 Å². The molecule has 0 aliphatic heterocycles. The molecule has 0 saturated heterocycles. The minimum Gasteiger partial charge on any atom is -0.382 e. The van der Waals surface area contributed by atoms with Gasteiger partial charge in [-0.3, -0.25) is 9.59 Å². The van der Waals surface area contributed by atoms with Crippen LogP contribution in [0.1, 0.15) is 46.1 Å². The smallest absolute Gasteiger partial charge is 0.382 e. The molecule has 12 heteroatoms. The normalized spacial score (nSPS) is 11.9. The lowest BCUT2D eigenvalue weighted by Gasteiger charge is -2.28. The average molecular weight is 584 g/mol. The molecule has 0 spiro atoms. The second kappa shape index (κ2) is 13.7. The van der Waals surface area contributed by atoms with Gasteiger partial charge in [0.1, 0.15) is 6.54 Å². The predicted octanol–water partition coefficient (Wildman–Crippen LogP) is 6.16. The molecular weight excluding hydrogens is 552 g/mol. The molecule has 0 radical (unpaired) electrons. The van der Waals surface area contributed by atoms with Crippen molar-refractivity contribution in [1.82, 2.24) is 14.4 Å². The van der Waals surface area contributed by atoms with Crippen LogP contribution in [0.3, 0.4) is 0 Å². The minimum atomic E-state index is -5.12. The Kier molecular flexibility index (Phi) is 10.6. The van der Waals surface area contributed by atoms with E-state index in [1.807, 2.05) is 28.8 Å². The van der Waals surface area contributed by atoms with E-state index in [-0.39, 0.29) is 38.7 Å². The Balaban J connectivity index is 1.95. The Labute approximate surface area is 234 Å². The molecule has 3 aromatic rings. The molecule has 0 aliphatic rings.